The number of amides is 1. The molecule has 2 aromatic rings. The maximum Gasteiger partial charge on any atom is 0.252 e. The predicted molar refractivity (Wildman–Crippen MR) is 80.4 cm³/mol. The summed E-state index contributed by atoms with van der Waals surface area (Å²) in [5.41, 5.74) is 0.907. The zero-order valence-electron chi connectivity index (χ0n) is 12.6. The van der Waals surface area contributed by atoms with Crippen molar-refractivity contribution in [2.24, 2.45) is 0 Å². The minimum atomic E-state index is -0.0311. The molecular weight excluding hydrogens is 282 g/mol. The number of anilines is 1. The van der Waals surface area contributed by atoms with Gasteiger partial charge in [0.2, 0.25) is 5.91 Å². The molecule has 0 spiro atoms. The SMILES string of the molecule is CCCOCc1nc([C@@H]2CC(=O)N(c3ccccc3)C2)no1. The van der Waals surface area contributed by atoms with Crippen molar-refractivity contribution in [2.45, 2.75) is 32.3 Å². The summed E-state index contributed by atoms with van der Waals surface area (Å²) in [7, 11) is 0. The van der Waals surface area contributed by atoms with Crippen LogP contribution in [0.2, 0.25) is 0 Å². The van der Waals surface area contributed by atoms with Gasteiger partial charge in [-0.15, -0.1) is 0 Å². The zero-order valence-corrected chi connectivity index (χ0v) is 12.6. The summed E-state index contributed by atoms with van der Waals surface area (Å²) in [5.74, 6) is 1.11. The lowest BCUT2D eigenvalue weighted by molar-refractivity contribution is -0.117. The van der Waals surface area contributed by atoms with E-state index in [1.165, 1.54) is 0 Å². The molecule has 0 N–H and O–H groups in total. The molecule has 0 radical (unpaired) electrons. The van der Waals surface area contributed by atoms with Crippen LogP contribution in [0.15, 0.2) is 34.9 Å². The second-order valence-corrected chi connectivity index (χ2v) is 5.34. The molecule has 1 amide bonds. The molecule has 0 bridgehead atoms. The summed E-state index contributed by atoms with van der Waals surface area (Å²) >= 11 is 0. The molecule has 1 saturated heterocycles. The van der Waals surface area contributed by atoms with E-state index in [2.05, 4.69) is 10.1 Å². The van der Waals surface area contributed by atoms with Crippen molar-refractivity contribution in [1.29, 1.82) is 0 Å². The fourth-order valence-electron chi connectivity index (χ4n) is 2.53. The van der Waals surface area contributed by atoms with Gasteiger partial charge in [-0.2, -0.15) is 4.98 Å². The molecular formula is C16H19N3O3. The highest BCUT2D eigenvalue weighted by Gasteiger charge is 2.34. The molecule has 6 heteroatoms. The van der Waals surface area contributed by atoms with E-state index < -0.39 is 0 Å². The minimum Gasteiger partial charge on any atom is -0.372 e. The zero-order chi connectivity index (χ0) is 15.4. The third-order valence-corrected chi connectivity index (χ3v) is 3.62. The third kappa shape index (κ3) is 3.17. The van der Waals surface area contributed by atoms with Crippen LogP contribution in [0.3, 0.4) is 0 Å². The summed E-state index contributed by atoms with van der Waals surface area (Å²) in [6.45, 7) is 3.62. The van der Waals surface area contributed by atoms with Crippen molar-refractivity contribution in [2.75, 3.05) is 18.1 Å². The molecule has 1 aliphatic rings. The Morgan fingerprint density at radius 1 is 1.36 bits per heavy atom. The lowest BCUT2D eigenvalue weighted by Crippen LogP contribution is -2.24. The monoisotopic (exact) mass is 301 g/mol. The molecule has 0 unspecified atom stereocenters. The first-order valence-corrected chi connectivity index (χ1v) is 7.53. The molecule has 1 aliphatic heterocycles. The van der Waals surface area contributed by atoms with E-state index in [0.717, 1.165) is 12.1 Å². The predicted octanol–water partition coefficient (Wildman–Crippen LogP) is 2.52. The number of rotatable bonds is 6. The maximum atomic E-state index is 12.2. The Hall–Kier alpha value is -2.21. The number of ether oxygens (including phenoxy) is 1. The topological polar surface area (TPSA) is 68.5 Å². The molecule has 1 atom stereocenters. The van der Waals surface area contributed by atoms with E-state index in [9.17, 15) is 4.79 Å². The fraction of sp³-hybridized carbons (Fsp3) is 0.438. The number of nitrogens with zero attached hydrogens (tertiary/aromatic N) is 3. The van der Waals surface area contributed by atoms with Gasteiger partial charge in [0.05, 0.1) is 0 Å². The van der Waals surface area contributed by atoms with Crippen LogP contribution in [-0.4, -0.2) is 29.2 Å². The first-order chi connectivity index (χ1) is 10.8. The highest BCUT2D eigenvalue weighted by molar-refractivity contribution is 5.96. The van der Waals surface area contributed by atoms with Gasteiger partial charge in [-0.05, 0) is 18.6 Å². The quantitative estimate of drug-likeness (QED) is 0.767. The second-order valence-electron chi connectivity index (χ2n) is 5.34. The molecule has 22 heavy (non-hydrogen) atoms. The Morgan fingerprint density at radius 2 is 2.18 bits per heavy atom. The Morgan fingerprint density at radius 3 is 2.95 bits per heavy atom. The van der Waals surface area contributed by atoms with E-state index in [4.69, 9.17) is 9.26 Å². The van der Waals surface area contributed by atoms with Crippen molar-refractivity contribution in [3.8, 4) is 0 Å². The molecule has 0 aliphatic carbocycles. The van der Waals surface area contributed by atoms with Gasteiger partial charge >= 0.3 is 0 Å². The molecule has 3 rings (SSSR count). The van der Waals surface area contributed by atoms with Crippen LogP contribution in [0.1, 0.15) is 37.4 Å². The standard InChI is InChI=1S/C16H19N3O3/c1-2-8-21-11-14-17-16(18-22-14)12-9-15(20)19(10-12)13-6-4-3-5-7-13/h3-7,12H,2,8-11H2,1H3/t12-/m1/s1. The maximum absolute atomic E-state index is 12.2. The Labute approximate surface area is 129 Å². The number of hydrogen-bond acceptors (Lipinski definition) is 5. The van der Waals surface area contributed by atoms with Crippen LogP contribution in [0.4, 0.5) is 5.69 Å². The van der Waals surface area contributed by atoms with Crippen molar-refractivity contribution >= 4 is 11.6 Å². The Kier molecular flexibility index (Phi) is 4.48. The molecule has 1 fully saturated rings. The average Bonchev–Trinajstić information content (AvgIpc) is 3.15. The molecule has 2 heterocycles. The van der Waals surface area contributed by atoms with Crippen LogP contribution in [-0.2, 0) is 16.1 Å². The molecule has 6 nitrogen and oxygen atoms in total. The minimum absolute atomic E-state index is 0.0311. The molecule has 1 aromatic carbocycles. The van der Waals surface area contributed by atoms with Crippen molar-refractivity contribution < 1.29 is 14.1 Å². The fourth-order valence-corrected chi connectivity index (χ4v) is 2.53. The lowest BCUT2D eigenvalue weighted by Gasteiger charge is -2.15. The van der Waals surface area contributed by atoms with Crippen LogP contribution in [0.5, 0.6) is 0 Å². The van der Waals surface area contributed by atoms with Gasteiger partial charge in [0.25, 0.3) is 5.89 Å². The van der Waals surface area contributed by atoms with Gasteiger partial charge < -0.3 is 14.2 Å². The summed E-state index contributed by atoms with van der Waals surface area (Å²) in [5, 5.41) is 3.99. The summed E-state index contributed by atoms with van der Waals surface area (Å²) in [6, 6.07) is 9.64. The van der Waals surface area contributed by atoms with Gasteiger partial charge in [-0.25, -0.2) is 0 Å². The normalized spacial score (nSPS) is 18.1. The van der Waals surface area contributed by atoms with Crippen LogP contribution in [0.25, 0.3) is 0 Å². The number of aromatic nitrogens is 2. The van der Waals surface area contributed by atoms with Gasteiger partial charge in [0.15, 0.2) is 5.82 Å². The third-order valence-electron chi connectivity index (χ3n) is 3.62. The number of para-hydroxylation sites is 1. The number of carbonyl (C=O) groups excluding carboxylic acids is 1. The Bertz CT molecular complexity index is 627. The highest BCUT2D eigenvalue weighted by atomic mass is 16.5. The van der Waals surface area contributed by atoms with E-state index in [0.29, 0.717) is 37.9 Å². The second kappa shape index (κ2) is 6.70. The number of benzene rings is 1. The van der Waals surface area contributed by atoms with Gasteiger partial charge in [0, 0.05) is 31.2 Å². The van der Waals surface area contributed by atoms with Crippen LogP contribution >= 0.6 is 0 Å². The average molecular weight is 301 g/mol. The van der Waals surface area contributed by atoms with Gasteiger partial charge in [-0.3, -0.25) is 4.79 Å². The lowest BCUT2D eigenvalue weighted by atomic mass is 10.1. The van der Waals surface area contributed by atoms with Crippen molar-refractivity contribution in [1.82, 2.24) is 10.1 Å². The van der Waals surface area contributed by atoms with Gasteiger partial charge in [0.1, 0.15) is 6.61 Å². The highest BCUT2D eigenvalue weighted by Crippen LogP contribution is 2.30. The van der Waals surface area contributed by atoms with E-state index in [1.54, 1.807) is 4.90 Å². The molecule has 0 saturated carbocycles. The van der Waals surface area contributed by atoms with E-state index >= 15 is 0 Å². The smallest absolute Gasteiger partial charge is 0.252 e. The molecule has 1 aromatic heterocycles. The first-order valence-electron chi connectivity index (χ1n) is 7.53. The van der Waals surface area contributed by atoms with Gasteiger partial charge in [-0.1, -0.05) is 30.3 Å². The first kappa shape index (κ1) is 14.7. The summed E-state index contributed by atoms with van der Waals surface area (Å²) < 4.78 is 10.6. The van der Waals surface area contributed by atoms with Crippen LogP contribution < -0.4 is 4.90 Å². The number of carbonyl (C=O) groups is 1. The molecule has 116 valence electrons. The van der Waals surface area contributed by atoms with Crippen molar-refractivity contribution in [3.05, 3.63) is 42.0 Å². The summed E-state index contributed by atoms with van der Waals surface area (Å²) in [6.07, 6.45) is 1.36. The van der Waals surface area contributed by atoms with E-state index in [-0.39, 0.29) is 11.8 Å². The van der Waals surface area contributed by atoms with E-state index in [1.807, 2.05) is 37.3 Å². The Balaban J connectivity index is 1.66. The summed E-state index contributed by atoms with van der Waals surface area (Å²) in [4.78, 5) is 18.3. The van der Waals surface area contributed by atoms with Crippen LogP contribution in [0, 0.1) is 0 Å². The largest absolute Gasteiger partial charge is 0.372 e. The van der Waals surface area contributed by atoms with Crippen molar-refractivity contribution in [3.63, 3.8) is 0 Å². The number of hydrogen-bond donors (Lipinski definition) is 0.